The first-order valence-electron chi connectivity index (χ1n) is 28.9. The first kappa shape index (κ1) is 57.4. The Morgan fingerprint density at radius 3 is 0.875 bits per heavy atom. The summed E-state index contributed by atoms with van der Waals surface area (Å²) in [5, 5.41) is 10.4. The van der Waals surface area contributed by atoms with Gasteiger partial charge in [-0.25, -0.2) is 0 Å². The highest BCUT2D eigenvalue weighted by Crippen LogP contribution is 2.33. The second-order valence-corrected chi connectivity index (χ2v) is 23.0. The van der Waals surface area contributed by atoms with E-state index in [0.29, 0.717) is 131 Å². The minimum Gasteiger partial charge on any atom is -0.394 e. The van der Waals surface area contributed by atoms with E-state index in [0.717, 1.165) is 150 Å². The Labute approximate surface area is 432 Å². The van der Waals surface area contributed by atoms with Gasteiger partial charge in [0.15, 0.2) is 13.2 Å². The van der Waals surface area contributed by atoms with Crippen molar-refractivity contribution >= 4 is 0 Å². The lowest BCUT2D eigenvalue weighted by molar-refractivity contribution is -0.130. The lowest BCUT2D eigenvalue weighted by Crippen LogP contribution is -2.36. The average Bonchev–Trinajstić information content (AvgIpc) is 4.17. The average molecular weight is 1030 g/mol. The van der Waals surface area contributed by atoms with Crippen molar-refractivity contribution in [3.8, 4) is 0 Å². The molecule has 4 aliphatic heterocycles. The Kier molecular flexibility index (Phi) is 26.7. The quantitative estimate of drug-likeness (QED) is 0.0411. The summed E-state index contributed by atoms with van der Waals surface area (Å²) in [5.74, 6) is 4.66. The summed E-state index contributed by atoms with van der Waals surface area (Å²) in [6, 6.07) is 0. The predicted molar refractivity (Wildman–Crippen MR) is 268 cm³/mol. The molecule has 4 saturated heterocycles. The molecule has 0 spiro atoms. The second kappa shape index (κ2) is 33.5. The van der Waals surface area contributed by atoms with Gasteiger partial charge in [-0.05, 0) is 150 Å². The molecule has 8 aliphatic rings. The molecule has 4 heterocycles. The van der Waals surface area contributed by atoms with Crippen molar-refractivity contribution in [1.82, 2.24) is 0 Å². The first-order valence-corrected chi connectivity index (χ1v) is 28.9. The minimum atomic E-state index is -0.454. The molecule has 1 N–H and O–H groups in total. The number of epoxide rings is 4. The zero-order chi connectivity index (χ0) is 49.3. The van der Waals surface area contributed by atoms with Gasteiger partial charge in [0, 0.05) is 46.2 Å². The Balaban J connectivity index is 0.758. The van der Waals surface area contributed by atoms with Gasteiger partial charge in [0.2, 0.25) is 0 Å². The van der Waals surface area contributed by atoms with E-state index < -0.39 is 6.10 Å². The maximum atomic E-state index is 10.4. The number of rotatable bonds is 42. The second-order valence-electron chi connectivity index (χ2n) is 23.0. The van der Waals surface area contributed by atoms with Crippen molar-refractivity contribution in [2.75, 3.05) is 159 Å². The van der Waals surface area contributed by atoms with Crippen LogP contribution in [0.2, 0.25) is 0 Å². The molecular formula is C56H97O16+. The number of aliphatic hydroxyl groups excluding tert-OH is 1. The standard InChI is InChI=1S/C56H97O16/c57-20-50(29-59-22-43-6-8-46(9-7-43)26-63-33-54-39-70-54)67-37-52(31-61-25-47-14-16-49(17-15-47)28-65-35-56-41-72-56)68-36-51(30-60-23-45-10-12-48(13-11-45)27-64-34-55-40-71-55)66-19-1-18-58-21-42-2-4-44(5-3-42)24-62-32-53-38-69-53/h1,42-57H,2-41H2/q+1. The largest absolute Gasteiger partial charge is 0.394 e. The lowest BCUT2D eigenvalue weighted by atomic mass is 9.83. The highest BCUT2D eigenvalue weighted by molar-refractivity contribution is 4.79. The monoisotopic (exact) mass is 1030 g/mol. The Morgan fingerprint density at radius 2 is 0.569 bits per heavy atom. The highest BCUT2D eigenvalue weighted by atomic mass is 16.6. The zero-order valence-corrected chi connectivity index (χ0v) is 44.1. The molecule has 8 rings (SSSR count). The van der Waals surface area contributed by atoms with Crippen molar-refractivity contribution in [2.24, 2.45) is 47.3 Å². The molecule has 16 heteroatoms. The van der Waals surface area contributed by atoms with E-state index in [9.17, 15) is 5.11 Å². The topological polar surface area (TPSA) is 172 Å². The molecule has 0 bridgehead atoms. The molecular weight excluding hydrogens is 929 g/mol. The van der Waals surface area contributed by atoms with Crippen LogP contribution in [0.3, 0.4) is 0 Å². The molecule has 0 aromatic carbocycles. The highest BCUT2D eigenvalue weighted by Gasteiger charge is 2.30. The number of hydrogen-bond donors (Lipinski definition) is 1. The zero-order valence-electron chi connectivity index (χ0n) is 44.1. The molecule has 416 valence electrons. The SMILES string of the molecule is OCC(COCC1CCC(COCC2CO2)CC1)OCC(COCC1CCC(COCC2CO2)CC1)OCC(COCC1CCC(COCC2CO2)CC1)OC[CH+]COCC1CCC(COCC2CO2)CC1. The van der Waals surface area contributed by atoms with Crippen LogP contribution in [0, 0.1) is 53.8 Å². The summed E-state index contributed by atoms with van der Waals surface area (Å²) < 4.78 is 89.5. The molecule has 0 aromatic rings. The third kappa shape index (κ3) is 24.7. The van der Waals surface area contributed by atoms with E-state index in [4.69, 9.17) is 71.1 Å². The Hall–Kier alpha value is -0.770. The van der Waals surface area contributed by atoms with Crippen LogP contribution in [0.25, 0.3) is 0 Å². The summed E-state index contributed by atoms with van der Waals surface area (Å²) in [6.07, 6.45) is 20.9. The maximum Gasteiger partial charge on any atom is 0.190 e. The summed E-state index contributed by atoms with van der Waals surface area (Å²) in [6.45, 7) is 15.1. The molecule has 8 fully saturated rings. The number of aliphatic hydroxyl groups is 1. The fourth-order valence-corrected chi connectivity index (χ4v) is 11.0. The third-order valence-electron chi connectivity index (χ3n) is 16.4. The van der Waals surface area contributed by atoms with Crippen LogP contribution in [-0.4, -0.2) is 206 Å². The molecule has 7 atom stereocenters. The first-order chi connectivity index (χ1) is 35.6. The fourth-order valence-electron chi connectivity index (χ4n) is 11.0. The van der Waals surface area contributed by atoms with Crippen LogP contribution in [0.4, 0.5) is 0 Å². The van der Waals surface area contributed by atoms with E-state index in [1.165, 1.54) is 38.5 Å². The summed E-state index contributed by atoms with van der Waals surface area (Å²) in [4.78, 5) is 0. The fraction of sp³-hybridized carbons (Fsp3) is 0.982. The van der Waals surface area contributed by atoms with Crippen LogP contribution in [0.15, 0.2) is 0 Å². The van der Waals surface area contributed by atoms with Gasteiger partial charge in [-0.2, -0.15) is 0 Å². The van der Waals surface area contributed by atoms with Gasteiger partial charge in [0.25, 0.3) is 0 Å². The Bertz CT molecular complexity index is 1350. The van der Waals surface area contributed by atoms with Gasteiger partial charge in [0.05, 0.1) is 99.1 Å². The Morgan fingerprint density at radius 1 is 0.306 bits per heavy atom. The van der Waals surface area contributed by atoms with E-state index in [1.54, 1.807) is 0 Å². The maximum absolute atomic E-state index is 10.4. The van der Waals surface area contributed by atoms with E-state index in [2.05, 4.69) is 6.42 Å². The van der Waals surface area contributed by atoms with Crippen molar-refractivity contribution in [3.05, 3.63) is 6.42 Å². The van der Waals surface area contributed by atoms with Crippen molar-refractivity contribution in [1.29, 1.82) is 0 Å². The van der Waals surface area contributed by atoms with Gasteiger partial charge in [-0.3, -0.25) is 0 Å². The molecule has 0 amide bonds. The predicted octanol–water partition coefficient (Wildman–Crippen LogP) is 6.29. The number of hydrogen-bond acceptors (Lipinski definition) is 16. The van der Waals surface area contributed by atoms with Crippen molar-refractivity contribution in [2.45, 2.75) is 145 Å². The third-order valence-corrected chi connectivity index (χ3v) is 16.4. The summed E-state index contributed by atoms with van der Waals surface area (Å²) in [7, 11) is 0. The smallest absolute Gasteiger partial charge is 0.190 e. The van der Waals surface area contributed by atoms with E-state index >= 15 is 0 Å². The molecule has 16 nitrogen and oxygen atoms in total. The van der Waals surface area contributed by atoms with Gasteiger partial charge in [0.1, 0.15) is 49.1 Å². The van der Waals surface area contributed by atoms with E-state index in [1.807, 2.05) is 0 Å². The molecule has 4 aliphatic carbocycles. The van der Waals surface area contributed by atoms with Crippen molar-refractivity contribution in [3.63, 3.8) is 0 Å². The summed E-state index contributed by atoms with van der Waals surface area (Å²) in [5.41, 5.74) is 0. The van der Waals surface area contributed by atoms with Crippen LogP contribution in [-0.2, 0) is 71.1 Å². The lowest BCUT2D eigenvalue weighted by Gasteiger charge is -2.30. The molecule has 0 aromatic heterocycles. The number of ether oxygens (including phenoxy) is 15. The molecule has 7 unspecified atom stereocenters. The van der Waals surface area contributed by atoms with E-state index in [-0.39, 0.29) is 25.4 Å². The summed E-state index contributed by atoms with van der Waals surface area (Å²) >= 11 is 0. The van der Waals surface area contributed by atoms with Crippen LogP contribution >= 0.6 is 0 Å². The van der Waals surface area contributed by atoms with Crippen molar-refractivity contribution < 1.29 is 76.2 Å². The van der Waals surface area contributed by atoms with Gasteiger partial charge >= 0.3 is 0 Å². The molecule has 0 radical (unpaired) electrons. The normalized spacial score (nSPS) is 33.6. The molecule has 4 saturated carbocycles. The van der Waals surface area contributed by atoms with Gasteiger partial charge in [-0.1, -0.05) is 0 Å². The van der Waals surface area contributed by atoms with Crippen LogP contribution in [0.1, 0.15) is 103 Å². The minimum absolute atomic E-state index is 0.127. The van der Waals surface area contributed by atoms with Gasteiger partial charge < -0.3 is 76.2 Å². The van der Waals surface area contributed by atoms with Gasteiger partial charge in [-0.15, -0.1) is 0 Å². The molecule has 72 heavy (non-hydrogen) atoms. The van der Waals surface area contributed by atoms with Crippen LogP contribution < -0.4 is 0 Å². The van der Waals surface area contributed by atoms with Crippen LogP contribution in [0.5, 0.6) is 0 Å².